The summed E-state index contributed by atoms with van der Waals surface area (Å²) in [7, 11) is 0. The number of aromatic nitrogens is 4. The van der Waals surface area contributed by atoms with Crippen LogP contribution in [0.15, 0.2) is 91.0 Å². The molecule has 0 bridgehead atoms. The third-order valence-electron chi connectivity index (χ3n) is 6.43. The molecule has 0 spiro atoms. The molecule has 0 amide bonds. The first-order chi connectivity index (χ1) is 15.4. The molecule has 0 aliphatic rings. The molecule has 0 unspecified atom stereocenters. The van der Waals surface area contributed by atoms with Gasteiger partial charge in [0, 0.05) is 28.5 Å². The van der Waals surface area contributed by atoms with Crippen LogP contribution in [-0.4, -0.2) is 18.5 Å². The third-order valence-corrected chi connectivity index (χ3v) is 6.43. The molecule has 0 radical (unpaired) electrons. The summed E-state index contributed by atoms with van der Waals surface area (Å²) in [5, 5.41) is 2.56. The third kappa shape index (κ3) is 2.06. The Morgan fingerprint density at radius 3 is 2.19 bits per heavy atom. The second-order valence-electron chi connectivity index (χ2n) is 8.00. The Balaban J connectivity index is 1.78. The van der Waals surface area contributed by atoms with E-state index in [1.807, 2.05) is 0 Å². The molecule has 4 heteroatoms. The number of hydrogen-bond acceptors (Lipinski definition) is 1. The molecule has 3 heterocycles. The normalized spacial score (nSPS) is 12.2. The number of imidazole rings is 2. The average Bonchev–Trinajstić information content (AvgIpc) is 3.45. The van der Waals surface area contributed by atoms with Gasteiger partial charge in [0.1, 0.15) is 0 Å². The maximum absolute atomic E-state index is 5.14. The van der Waals surface area contributed by atoms with Gasteiger partial charge >= 0.3 is 0 Å². The summed E-state index contributed by atoms with van der Waals surface area (Å²) < 4.78 is 7.01. The summed E-state index contributed by atoms with van der Waals surface area (Å²) in [6, 6.07) is 32.2. The largest absolute Gasteiger partial charge is 0.341 e. The van der Waals surface area contributed by atoms with Crippen LogP contribution in [0.5, 0.6) is 0 Å². The smallest absolute Gasteiger partial charge is 0.220 e. The standard InChI is InChI=1S/C27H20N4/c1-2-29-21-13-7-6-12-19(21)25-24(29)17-16-20-26(25)31-23-15-9-8-14-22(23)30(27(31)28-20)18-10-4-3-5-11-18/h3-17H,2H2,1H3. The number of fused-ring (bicyclic) bond motifs is 9. The van der Waals surface area contributed by atoms with Crippen LogP contribution in [0.2, 0.25) is 0 Å². The summed E-state index contributed by atoms with van der Waals surface area (Å²) in [5.74, 6) is 0.947. The molecule has 0 fully saturated rings. The first-order valence-electron chi connectivity index (χ1n) is 10.7. The van der Waals surface area contributed by atoms with Crippen LogP contribution in [0, 0.1) is 0 Å². The summed E-state index contributed by atoms with van der Waals surface area (Å²) in [4.78, 5) is 5.14. The minimum atomic E-state index is 0.934. The van der Waals surface area contributed by atoms with E-state index in [0.29, 0.717) is 0 Å². The number of para-hydroxylation sites is 4. The Morgan fingerprint density at radius 2 is 1.39 bits per heavy atom. The van der Waals surface area contributed by atoms with Crippen LogP contribution >= 0.6 is 0 Å². The SMILES string of the molecule is CCn1c2ccccc2c2c1ccc1nc3n(-c4ccccc4)c4ccccc4n3c12. The number of benzene rings is 4. The molecule has 0 saturated carbocycles. The molecule has 0 aliphatic heterocycles. The molecule has 0 saturated heterocycles. The van der Waals surface area contributed by atoms with E-state index in [2.05, 4.69) is 111 Å². The molecule has 4 aromatic carbocycles. The predicted octanol–water partition coefficient (Wildman–Crippen LogP) is 6.56. The van der Waals surface area contributed by atoms with Crippen molar-refractivity contribution in [2.24, 2.45) is 0 Å². The Labute approximate surface area is 178 Å². The second kappa shape index (κ2) is 5.99. The summed E-state index contributed by atoms with van der Waals surface area (Å²) in [6.45, 7) is 3.15. The molecule has 7 rings (SSSR count). The van der Waals surface area contributed by atoms with Crippen LogP contribution in [0.3, 0.4) is 0 Å². The van der Waals surface area contributed by atoms with Gasteiger partial charge in [-0.25, -0.2) is 4.98 Å². The Morgan fingerprint density at radius 1 is 0.677 bits per heavy atom. The van der Waals surface area contributed by atoms with E-state index in [1.54, 1.807) is 0 Å². The highest BCUT2D eigenvalue weighted by Crippen LogP contribution is 2.37. The van der Waals surface area contributed by atoms with E-state index >= 15 is 0 Å². The van der Waals surface area contributed by atoms with Crippen molar-refractivity contribution in [1.82, 2.24) is 18.5 Å². The fraction of sp³-hybridized carbons (Fsp3) is 0.0741. The number of rotatable bonds is 2. The topological polar surface area (TPSA) is 27.2 Å². The monoisotopic (exact) mass is 400 g/mol. The zero-order valence-corrected chi connectivity index (χ0v) is 17.2. The van der Waals surface area contributed by atoms with Gasteiger partial charge in [0.2, 0.25) is 5.78 Å². The molecular formula is C27H20N4. The molecule has 31 heavy (non-hydrogen) atoms. The molecule has 7 aromatic rings. The van der Waals surface area contributed by atoms with E-state index in [9.17, 15) is 0 Å². The predicted molar refractivity (Wildman–Crippen MR) is 128 cm³/mol. The molecule has 3 aromatic heterocycles. The van der Waals surface area contributed by atoms with Crippen molar-refractivity contribution in [3.05, 3.63) is 91.0 Å². The highest BCUT2D eigenvalue weighted by Gasteiger charge is 2.21. The van der Waals surface area contributed by atoms with E-state index in [1.165, 1.54) is 32.8 Å². The van der Waals surface area contributed by atoms with Crippen LogP contribution in [0.25, 0.3) is 55.3 Å². The van der Waals surface area contributed by atoms with Crippen LogP contribution in [0.4, 0.5) is 0 Å². The lowest BCUT2D eigenvalue weighted by molar-refractivity contribution is 0.827. The van der Waals surface area contributed by atoms with Gasteiger partial charge < -0.3 is 4.57 Å². The molecular weight excluding hydrogens is 380 g/mol. The van der Waals surface area contributed by atoms with E-state index < -0.39 is 0 Å². The summed E-state index contributed by atoms with van der Waals surface area (Å²) >= 11 is 0. The fourth-order valence-electron chi connectivity index (χ4n) is 5.19. The number of hydrogen-bond donors (Lipinski definition) is 0. The zero-order chi connectivity index (χ0) is 20.5. The molecule has 0 atom stereocenters. The quantitative estimate of drug-likeness (QED) is 0.323. The van der Waals surface area contributed by atoms with Crippen molar-refractivity contribution < 1.29 is 0 Å². The molecule has 0 N–H and O–H groups in total. The highest BCUT2D eigenvalue weighted by atomic mass is 15.2. The maximum Gasteiger partial charge on any atom is 0.220 e. The lowest BCUT2D eigenvalue weighted by atomic mass is 10.1. The van der Waals surface area contributed by atoms with Crippen molar-refractivity contribution in [1.29, 1.82) is 0 Å². The molecule has 148 valence electrons. The molecule has 0 aliphatic carbocycles. The Kier molecular flexibility index (Phi) is 3.23. The summed E-state index contributed by atoms with van der Waals surface area (Å²) in [5.41, 5.74) is 8.19. The highest BCUT2D eigenvalue weighted by molar-refractivity contribution is 6.20. The molecule has 4 nitrogen and oxygen atoms in total. The first-order valence-corrected chi connectivity index (χ1v) is 10.7. The van der Waals surface area contributed by atoms with E-state index in [0.717, 1.165) is 29.0 Å². The van der Waals surface area contributed by atoms with Crippen LogP contribution < -0.4 is 0 Å². The van der Waals surface area contributed by atoms with Crippen LogP contribution in [0.1, 0.15) is 6.92 Å². The Bertz CT molecular complexity index is 1760. The summed E-state index contributed by atoms with van der Waals surface area (Å²) in [6.07, 6.45) is 0. The van der Waals surface area contributed by atoms with Crippen molar-refractivity contribution in [2.45, 2.75) is 13.5 Å². The van der Waals surface area contributed by atoms with Crippen molar-refractivity contribution in [3.8, 4) is 5.69 Å². The van der Waals surface area contributed by atoms with Crippen molar-refractivity contribution >= 4 is 49.7 Å². The van der Waals surface area contributed by atoms with E-state index in [4.69, 9.17) is 4.98 Å². The zero-order valence-electron chi connectivity index (χ0n) is 17.2. The van der Waals surface area contributed by atoms with Crippen molar-refractivity contribution in [3.63, 3.8) is 0 Å². The van der Waals surface area contributed by atoms with Gasteiger partial charge in [-0.3, -0.25) is 8.97 Å². The fourth-order valence-corrected chi connectivity index (χ4v) is 5.19. The second-order valence-corrected chi connectivity index (χ2v) is 8.00. The number of nitrogens with zero attached hydrogens (tertiary/aromatic N) is 4. The van der Waals surface area contributed by atoms with Crippen LogP contribution in [-0.2, 0) is 6.54 Å². The lowest BCUT2D eigenvalue weighted by Crippen LogP contribution is -1.94. The van der Waals surface area contributed by atoms with E-state index in [-0.39, 0.29) is 0 Å². The van der Waals surface area contributed by atoms with Crippen molar-refractivity contribution in [2.75, 3.05) is 0 Å². The van der Waals surface area contributed by atoms with Gasteiger partial charge in [0.25, 0.3) is 0 Å². The van der Waals surface area contributed by atoms with Gasteiger partial charge in [0.05, 0.1) is 27.6 Å². The van der Waals surface area contributed by atoms with Gasteiger partial charge in [-0.15, -0.1) is 0 Å². The van der Waals surface area contributed by atoms with Gasteiger partial charge in [-0.05, 0) is 49.4 Å². The first kappa shape index (κ1) is 16.7. The van der Waals surface area contributed by atoms with Gasteiger partial charge in [-0.2, -0.15) is 0 Å². The lowest BCUT2D eigenvalue weighted by Gasteiger charge is -2.04. The number of aryl methyl sites for hydroxylation is 1. The van der Waals surface area contributed by atoms with Gasteiger partial charge in [0.15, 0.2) is 0 Å². The Hall–Kier alpha value is -4.05. The van der Waals surface area contributed by atoms with Gasteiger partial charge in [-0.1, -0.05) is 48.5 Å². The minimum absolute atomic E-state index is 0.934. The maximum atomic E-state index is 5.14. The minimum Gasteiger partial charge on any atom is -0.341 e. The average molecular weight is 400 g/mol.